The van der Waals surface area contributed by atoms with Crippen LogP contribution < -0.4 is 13.8 Å². The van der Waals surface area contributed by atoms with Gasteiger partial charge in [0.2, 0.25) is 0 Å². The van der Waals surface area contributed by atoms with Crippen molar-refractivity contribution in [2.24, 2.45) is 0 Å². The second-order valence-electron chi connectivity index (χ2n) is 5.52. The highest BCUT2D eigenvalue weighted by Crippen LogP contribution is 2.42. The molecule has 10 heteroatoms. The second kappa shape index (κ2) is 7.46. The molecule has 0 saturated heterocycles. The number of sulfonamides is 1. The minimum atomic E-state index is -4.07. The number of rotatable bonds is 4. The summed E-state index contributed by atoms with van der Waals surface area (Å²) in [6.45, 7) is 0.109. The van der Waals surface area contributed by atoms with Gasteiger partial charge >= 0.3 is 5.97 Å². The summed E-state index contributed by atoms with van der Waals surface area (Å²) in [6, 6.07) is 7.02. The number of hydrogen-bond acceptors (Lipinski definition) is 6. The smallest absolute Gasteiger partial charge is 0.337 e. The van der Waals surface area contributed by atoms with Gasteiger partial charge in [0.1, 0.15) is 17.3 Å². The van der Waals surface area contributed by atoms with Gasteiger partial charge in [-0.1, -0.05) is 23.2 Å². The van der Waals surface area contributed by atoms with Crippen molar-refractivity contribution in [2.45, 2.75) is 4.90 Å². The Labute approximate surface area is 166 Å². The van der Waals surface area contributed by atoms with E-state index in [-0.39, 0.29) is 50.8 Å². The number of esters is 1. The summed E-state index contributed by atoms with van der Waals surface area (Å²) >= 11 is 12.2. The Hall–Kier alpha value is -2.16. The van der Waals surface area contributed by atoms with E-state index in [2.05, 4.69) is 0 Å². The SMILES string of the molecule is COC(=O)c1cc(Cl)c2c(c1)N(S(=O)(=O)c1cc(Cl)ccc1OC)CCO2. The Kier molecular flexibility index (Phi) is 5.41. The van der Waals surface area contributed by atoms with Crippen molar-refractivity contribution >= 4 is 44.9 Å². The molecule has 7 nitrogen and oxygen atoms in total. The molecule has 0 saturated carbocycles. The van der Waals surface area contributed by atoms with Crippen molar-refractivity contribution < 1.29 is 27.4 Å². The highest BCUT2D eigenvalue weighted by Gasteiger charge is 2.34. The Bertz CT molecular complexity index is 1010. The molecule has 2 aromatic carbocycles. The topological polar surface area (TPSA) is 82.1 Å². The fourth-order valence-corrected chi connectivity index (χ4v) is 4.85. The lowest BCUT2D eigenvalue weighted by Crippen LogP contribution is -2.38. The second-order valence-corrected chi connectivity index (χ2v) is 8.19. The first-order chi connectivity index (χ1) is 12.8. The normalized spacial score (nSPS) is 13.6. The number of fused-ring (bicyclic) bond motifs is 1. The first-order valence-corrected chi connectivity index (χ1v) is 9.90. The van der Waals surface area contributed by atoms with Gasteiger partial charge < -0.3 is 14.2 Å². The Morgan fingerprint density at radius 2 is 1.93 bits per heavy atom. The van der Waals surface area contributed by atoms with Crippen LogP contribution in [-0.2, 0) is 14.8 Å². The summed E-state index contributed by atoms with van der Waals surface area (Å²) in [7, 11) is -1.49. The van der Waals surface area contributed by atoms with E-state index in [1.807, 2.05) is 0 Å². The molecule has 0 bridgehead atoms. The average molecular weight is 432 g/mol. The van der Waals surface area contributed by atoms with E-state index in [0.29, 0.717) is 0 Å². The molecule has 0 spiro atoms. The molecule has 0 aromatic heterocycles. The van der Waals surface area contributed by atoms with E-state index in [9.17, 15) is 13.2 Å². The number of anilines is 1. The van der Waals surface area contributed by atoms with Gasteiger partial charge in [0.25, 0.3) is 10.0 Å². The first kappa shape index (κ1) is 19.6. The Morgan fingerprint density at radius 1 is 1.19 bits per heavy atom. The first-order valence-electron chi connectivity index (χ1n) is 7.70. The van der Waals surface area contributed by atoms with Crippen molar-refractivity contribution in [3.8, 4) is 11.5 Å². The van der Waals surface area contributed by atoms with Gasteiger partial charge in [-0.15, -0.1) is 0 Å². The zero-order chi connectivity index (χ0) is 19.8. The lowest BCUT2D eigenvalue weighted by atomic mass is 10.1. The van der Waals surface area contributed by atoms with E-state index in [1.165, 1.54) is 44.6 Å². The van der Waals surface area contributed by atoms with E-state index in [0.717, 1.165) is 4.31 Å². The summed E-state index contributed by atoms with van der Waals surface area (Å²) in [4.78, 5) is 11.8. The summed E-state index contributed by atoms with van der Waals surface area (Å²) in [5.74, 6) is -0.342. The summed E-state index contributed by atoms with van der Waals surface area (Å²) in [5.41, 5.74) is 0.237. The fraction of sp³-hybridized carbons (Fsp3) is 0.235. The Morgan fingerprint density at radius 3 is 2.59 bits per heavy atom. The average Bonchev–Trinajstić information content (AvgIpc) is 2.66. The highest BCUT2D eigenvalue weighted by molar-refractivity contribution is 7.93. The molecular weight excluding hydrogens is 417 g/mol. The summed E-state index contributed by atoms with van der Waals surface area (Å²) in [6.07, 6.45) is 0. The number of carbonyl (C=O) groups is 1. The lowest BCUT2D eigenvalue weighted by Gasteiger charge is -2.31. The third-order valence-corrected chi connectivity index (χ3v) is 6.30. The predicted molar refractivity (Wildman–Crippen MR) is 101 cm³/mol. The van der Waals surface area contributed by atoms with E-state index < -0.39 is 16.0 Å². The van der Waals surface area contributed by atoms with Gasteiger partial charge in [0.15, 0.2) is 5.75 Å². The van der Waals surface area contributed by atoms with Crippen molar-refractivity contribution in [3.63, 3.8) is 0 Å². The van der Waals surface area contributed by atoms with E-state index >= 15 is 0 Å². The van der Waals surface area contributed by atoms with Gasteiger partial charge in [0.05, 0.1) is 37.0 Å². The van der Waals surface area contributed by atoms with Crippen LogP contribution in [0.25, 0.3) is 0 Å². The predicted octanol–water partition coefficient (Wildman–Crippen LogP) is 3.38. The molecule has 0 unspecified atom stereocenters. The van der Waals surface area contributed by atoms with Gasteiger partial charge in [-0.3, -0.25) is 4.31 Å². The molecule has 0 amide bonds. The minimum Gasteiger partial charge on any atom is -0.495 e. The maximum absolute atomic E-state index is 13.3. The van der Waals surface area contributed by atoms with Crippen LogP contribution in [-0.4, -0.2) is 41.8 Å². The van der Waals surface area contributed by atoms with Crippen LogP contribution >= 0.6 is 23.2 Å². The lowest BCUT2D eigenvalue weighted by molar-refractivity contribution is 0.0600. The molecular formula is C17H15Cl2NO6S. The number of carbonyl (C=O) groups excluding carboxylic acids is 1. The number of ether oxygens (including phenoxy) is 3. The zero-order valence-corrected chi connectivity index (χ0v) is 16.7. The number of halogens is 2. The summed E-state index contributed by atoms with van der Waals surface area (Å²) in [5, 5.41) is 0.343. The van der Waals surface area contributed by atoms with Gasteiger partial charge in [0, 0.05) is 5.02 Å². The zero-order valence-electron chi connectivity index (χ0n) is 14.4. The molecule has 1 heterocycles. The van der Waals surface area contributed by atoms with Crippen molar-refractivity contribution in [1.29, 1.82) is 0 Å². The van der Waals surface area contributed by atoms with Gasteiger partial charge in [-0.2, -0.15) is 0 Å². The Balaban J connectivity index is 2.19. The highest BCUT2D eigenvalue weighted by atomic mass is 35.5. The number of methoxy groups -OCH3 is 2. The third kappa shape index (κ3) is 3.52. The molecule has 1 aliphatic rings. The summed E-state index contributed by atoms with van der Waals surface area (Å²) < 4.78 is 43.1. The maximum atomic E-state index is 13.3. The maximum Gasteiger partial charge on any atom is 0.337 e. The molecule has 3 rings (SSSR count). The quantitative estimate of drug-likeness (QED) is 0.690. The van der Waals surface area contributed by atoms with E-state index in [4.69, 9.17) is 37.4 Å². The minimum absolute atomic E-state index is 0.0198. The van der Waals surface area contributed by atoms with Gasteiger partial charge in [-0.25, -0.2) is 13.2 Å². The van der Waals surface area contributed by atoms with Crippen LogP contribution in [0.15, 0.2) is 35.2 Å². The van der Waals surface area contributed by atoms with Crippen LogP contribution in [0, 0.1) is 0 Å². The molecule has 0 N–H and O–H groups in total. The van der Waals surface area contributed by atoms with Crippen LogP contribution in [0.1, 0.15) is 10.4 Å². The van der Waals surface area contributed by atoms with Crippen molar-refractivity contribution in [1.82, 2.24) is 0 Å². The molecule has 0 radical (unpaired) electrons. The molecule has 27 heavy (non-hydrogen) atoms. The third-order valence-electron chi connectivity index (χ3n) is 3.95. The van der Waals surface area contributed by atoms with E-state index in [1.54, 1.807) is 0 Å². The number of nitrogens with zero attached hydrogens (tertiary/aromatic N) is 1. The van der Waals surface area contributed by atoms with Crippen molar-refractivity contribution in [2.75, 3.05) is 31.7 Å². The number of benzene rings is 2. The molecule has 0 atom stereocenters. The molecule has 0 fully saturated rings. The molecule has 144 valence electrons. The van der Waals surface area contributed by atoms with Crippen LogP contribution in [0.3, 0.4) is 0 Å². The molecule has 0 aliphatic carbocycles. The fourth-order valence-electron chi connectivity index (χ4n) is 2.71. The number of hydrogen-bond donors (Lipinski definition) is 0. The van der Waals surface area contributed by atoms with Crippen molar-refractivity contribution in [3.05, 3.63) is 45.9 Å². The standard InChI is InChI=1S/C17H15Cl2NO6S/c1-24-14-4-3-11(18)9-15(14)27(22,23)20-5-6-26-16-12(19)7-10(8-13(16)20)17(21)25-2/h3-4,7-9H,5-6H2,1-2H3. The van der Waals surface area contributed by atoms with Gasteiger partial charge in [-0.05, 0) is 30.3 Å². The monoisotopic (exact) mass is 431 g/mol. The van der Waals surface area contributed by atoms with Crippen LogP contribution in [0.5, 0.6) is 11.5 Å². The van der Waals surface area contributed by atoms with Crippen LogP contribution in [0.2, 0.25) is 10.0 Å². The molecule has 1 aliphatic heterocycles. The molecule has 2 aromatic rings. The van der Waals surface area contributed by atoms with Crippen LogP contribution in [0.4, 0.5) is 5.69 Å². The largest absolute Gasteiger partial charge is 0.495 e.